The third-order valence-corrected chi connectivity index (χ3v) is 10.3. The lowest BCUT2D eigenvalue weighted by Crippen LogP contribution is -2.43. The van der Waals surface area contributed by atoms with Crippen LogP contribution in [0.3, 0.4) is 0 Å². The summed E-state index contributed by atoms with van der Waals surface area (Å²) in [7, 11) is -3.90. The van der Waals surface area contributed by atoms with Crippen LogP contribution in [0.1, 0.15) is 24.0 Å². The lowest BCUT2D eigenvalue weighted by molar-refractivity contribution is -0.136. The maximum atomic E-state index is 12.9. The van der Waals surface area contributed by atoms with Gasteiger partial charge < -0.3 is 4.74 Å². The quantitative estimate of drug-likeness (QED) is 0.433. The molecule has 0 aliphatic carbocycles. The smallest absolute Gasteiger partial charge is 0.332 e. The zero-order valence-corrected chi connectivity index (χ0v) is 18.9. The van der Waals surface area contributed by atoms with Crippen LogP contribution in [-0.2, 0) is 14.6 Å². The van der Waals surface area contributed by atoms with Gasteiger partial charge in [0, 0.05) is 16.0 Å². The summed E-state index contributed by atoms with van der Waals surface area (Å²) >= 11 is 7.06. The highest BCUT2D eigenvalue weighted by Gasteiger charge is 2.44. The fourth-order valence-corrected chi connectivity index (χ4v) is 6.96. The Labute approximate surface area is 176 Å². The van der Waals surface area contributed by atoms with Crippen LogP contribution in [0.25, 0.3) is 0 Å². The van der Waals surface area contributed by atoms with Crippen LogP contribution in [0.15, 0.2) is 57.9 Å². The van der Waals surface area contributed by atoms with Crippen molar-refractivity contribution in [1.82, 2.24) is 0 Å². The molecule has 2 aromatic rings. The van der Waals surface area contributed by atoms with Gasteiger partial charge in [0.15, 0.2) is 14.6 Å². The normalized spacial score (nSPS) is 15.7. The van der Waals surface area contributed by atoms with Crippen molar-refractivity contribution in [2.24, 2.45) is 0 Å². The van der Waals surface area contributed by atoms with Crippen molar-refractivity contribution in [3.63, 3.8) is 0 Å². The number of carbonyl (C=O) groups is 1. The van der Waals surface area contributed by atoms with Crippen LogP contribution in [0.5, 0.6) is 5.75 Å². The van der Waals surface area contributed by atoms with E-state index in [1.165, 1.54) is 31.5 Å². The highest BCUT2D eigenvalue weighted by Crippen LogP contribution is 2.45. The van der Waals surface area contributed by atoms with E-state index in [1.807, 2.05) is 35.7 Å². The molecular formula is C19H19BrO4S3. The van der Waals surface area contributed by atoms with Gasteiger partial charge in [-0.2, -0.15) is 0 Å². The van der Waals surface area contributed by atoms with Gasteiger partial charge in [-0.05, 0) is 55.8 Å². The predicted molar refractivity (Wildman–Crippen MR) is 115 cm³/mol. The van der Waals surface area contributed by atoms with Crippen LogP contribution in [0.4, 0.5) is 0 Å². The summed E-state index contributed by atoms with van der Waals surface area (Å²) in [6.45, 7) is 2.74. The summed E-state index contributed by atoms with van der Waals surface area (Å²) in [5.41, 5.74) is 1.17. The standard InChI is InChI=1S/C19H19BrO4S3/c1-19(2,27(22,23)16-9-5-14(20)6-10-16)18(21)24-15-7-3-13(4-8-15)17-25-11-12-26-17/h3-10,17H,11-12H2,1-2H3. The van der Waals surface area contributed by atoms with Crippen LogP contribution in [0, 0.1) is 0 Å². The second-order valence-electron chi connectivity index (χ2n) is 6.50. The lowest BCUT2D eigenvalue weighted by atomic mass is 10.2. The molecule has 144 valence electrons. The molecule has 1 heterocycles. The summed E-state index contributed by atoms with van der Waals surface area (Å²) in [5, 5.41) is 0. The molecule has 0 radical (unpaired) electrons. The maximum absolute atomic E-state index is 12.9. The molecule has 27 heavy (non-hydrogen) atoms. The minimum Gasteiger partial charge on any atom is -0.425 e. The summed E-state index contributed by atoms with van der Waals surface area (Å²) in [6.07, 6.45) is 0. The van der Waals surface area contributed by atoms with E-state index < -0.39 is 20.6 Å². The van der Waals surface area contributed by atoms with Gasteiger partial charge in [-0.3, -0.25) is 0 Å². The molecule has 0 saturated carbocycles. The van der Waals surface area contributed by atoms with Crippen LogP contribution >= 0.6 is 39.5 Å². The number of esters is 1. The van der Waals surface area contributed by atoms with Gasteiger partial charge in [-0.25, -0.2) is 13.2 Å². The van der Waals surface area contributed by atoms with Crippen LogP contribution < -0.4 is 4.74 Å². The first-order valence-electron chi connectivity index (χ1n) is 8.27. The predicted octanol–water partition coefficient (Wildman–Crippen LogP) is 5.09. The summed E-state index contributed by atoms with van der Waals surface area (Å²) < 4.78 is 30.7. The molecule has 1 aliphatic rings. The van der Waals surface area contributed by atoms with Crippen molar-refractivity contribution in [2.45, 2.75) is 28.1 Å². The summed E-state index contributed by atoms with van der Waals surface area (Å²) in [5.74, 6) is 1.81. The number of benzene rings is 2. The number of ether oxygens (including phenoxy) is 1. The Kier molecular flexibility index (Phi) is 6.30. The zero-order valence-electron chi connectivity index (χ0n) is 14.8. The molecule has 0 atom stereocenters. The van der Waals surface area contributed by atoms with Crippen molar-refractivity contribution >= 4 is 55.3 Å². The molecule has 1 saturated heterocycles. The first kappa shape index (κ1) is 20.8. The first-order valence-corrected chi connectivity index (χ1v) is 12.6. The minimum absolute atomic E-state index is 0.0817. The number of sulfone groups is 1. The average Bonchev–Trinajstić information content (AvgIpc) is 3.17. The fourth-order valence-electron chi connectivity index (χ4n) is 2.49. The molecule has 0 spiro atoms. The Morgan fingerprint density at radius 1 is 1.04 bits per heavy atom. The van der Waals surface area contributed by atoms with Crippen LogP contribution in [0.2, 0.25) is 0 Å². The average molecular weight is 487 g/mol. The number of hydrogen-bond donors (Lipinski definition) is 0. The molecule has 0 bridgehead atoms. The Morgan fingerprint density at radius 3 is 2.15 bits per heavy atom. The topological polar surface area (TPSA) is 60.4 Å². The molecule has 4 nitrogen and oxygen atoms in total. The van der Waals surface area contributed by atoms with Gasteiger partial charge in [-0.15, -0.1) is 23.5 Å². The van der Waals surface area contributed by atoms with Gasteiger partial charge in [0.25, 0.3) is 0 Å². The minimum atomic E-state index is -3.90. The molecule has 0 N–H and O–H groups in total. The second kappa shape index (κ2) is 8.19. The van der Waals surface area contributed by atoms with Gasteiger partial charge in [0.05, 0.1) is 9.48 Å². The van der Waals surface area contributed by atoms with Crippen LogP contribution in [-0.4, -0.2) is 30.6 Å². The van der Waals surface area contributed by atoms with E-state index in [9.17, 15) is 13.2 Å². The molecule has 0 aromatic heterocycles. The number of carbonyl (C=O) groups excluding carboxylic acids is 1. The Balaban J connectivity index is 1.76. The van der Waals surface area contributed by atoms with Gasteiger partial charge in [0.1, 0.15) is 5.75 Å². The van der Waals surface area contributed by atoms with E-state index in [-0.39, 0.29) is 4.90 Å². The number of halogens is 1. The monoisotopic (exact) mass is 486 g/mol. The number of rotatable bonds is 5. The van der Waals surface area contributed by atoms with Crippen molar-refractivity contribution < 1.29 is 17.9 Å². The van der Waals surface area contributed by atoms with E-state index in [1.54, 1.807) is 24.3 Å². The molecule has 8 heteroatoms. The van der Waals surface area contributed by atoms with E-state index >= 15 is 0 Å². The maximum Gasteiger partial charge on any atom is 0.332 e. The zero-order chi connectivity index (χ0) is 19.7. The number of hydrogen-bond acceptors (Lipinski definition) is 6. The molecule has 1 fully saturated rings. The Bertz CT molecular complexity index is 916. The first-order chi connectivity index (χ1) is 12.7. The molecule has 3 rings (SSSR count). The lowest BCUT2D eigenvalue weighted by Gasteiger charge is -2.23. The van der Waals surface area contributed by atoms with E-state index in [0.29, 0.717) is 10.3 Å². The molecule has 0 unspecified atom stereocenters. The fraction of sp³-hybridized carbons (Fsp3) is 0.316. The Hall–Kier alpha value is -0.960. The molecule has 1 aliphatic heterocycles. The van der Waals surface area contributed by atoms with Crippen molar-refractivity contribution in [2.75, 3.05) is 11.5 Å². The third kappa shape index (κ3) is 4.39. The third-order valence-electron chi connectivity index (χ3n) is 4.27. The largest absolute Gasteiger partial charge is 0.425 e. The van der Waals surface area contributed by atoms with E-state index in [0.717, 1.165) is 16.0 Å². The molecule has 0 amide bonds. The highest BCUT2D eigenvalue weighted by molar-refractivity contribution is 9.10. The SMILES string of the molecule is CC(C)(C(=O)Oc1ccc(C2SCCS2)cc1)S(=O)(=O)c1ccc(Br)cc1. The molecular weight excluding hydrogens is 468 g/mol. The number of thioether (sulfide) groups is 2. The summed E-state index contributed by atoms with van der Waals surface area (Å²) in [4.78, 5) is 12.7. The van der Waals surface area contributed by atoms with Gasteiger partial charge >= 0.3 is 5.97 Å². The summed E-state index contributed by atoms with van der Waals surface area (Å²) in [6, 6.07) is 13.5. The van der Waals surface area contributed by atoms with Gasteiger partial charge in [-0.1, -0.05) is 28.1 Å². The van der Waals surface area contributed by atoms with E-state index in [4.69, 9.17) is 4.74 Å². The van der Waals surface area contributed by atoms with E-state index in [2.05, 4.69) is 15.9 Å². The van der Waals surface area contributed by atoms with Crippen molar-refractivity contribution in [3.05, 3.63) is 58.6 Å². The van der Waals surface area contributed by atoms with Gasteiger partial charge in [0.2, 0.25) is 0 Å². The van der Waals surface area contributed by atoms with Crippen molar-refractivity contribution in [1.29, 1.82) is 0 Å². The second-order valence-corrected chi connectivity index (χ2v) is 12.6. The molecule has 2 aromatic carbocycles. The highest BCUT2D eigenvalue weighted by atomic mass is 79.9. The van der Waals surface area contributed by atoms with Crippen molar-refractivity contribution in [3.8, 4) is 5.75 Å². The Morgan fingerprint density at radius 2 is 1.59 bits per heavy atom.